The number of carbonyl (C=O) groups is 1. The van der Waals surface area contributed by atoms with Crippen LogP contribution in [0.3, 0.4) is 0 Å². The van der Waals surface area contributed by atoms with E-state index in [1.807, 2.05) is 18.7 Å². The summed E-state index contributed by atoms with van der Waals surface area (Å²) in [5, 5.41) is 3.98. The molecule has 1 aliphatic heterocycles. The van der Waals surface area contributed by atoms with Gasteiger partial charge in [0.15, 0.2) is 5.82 Å². The molecule has 1 aromatic heterocycles. The lowest BCUT2D eigenvalue weighted by atomic mass is 9.74. The highest BCUT2D eigenvalue weighted by atomic mass is 35.5. The van der Waals surface area contributed by atoms with Gasteiger partial charge in [-0.1, -0.05) is 24.9 Å². The van der Waals surface area contributed by atoms with Crippen molar-refractivity contribution < 1.29 is 9.32 Å². The molecule has 0 radical (unpaired) electrons. The summed E-state index contributed by atoms with van der Waals surface area (Å²) in [6.45, 7) is 9.27. The van der Waals surface area contributed by atoms with Gasteiger partial charge in [-0.2, -0.15) is 4.98 Å². The number of hydrogen-bond acceptors (Lipinski definition) is 6. The standard InChI is InChI=1S/C18H31N5O2.2ClH/c1-4-15-20-16(25-21-15)13(2)22-9-11-23(12-10-22)17(24)14-7-5-6-8-18(14,3)19;;/h13-14H,4-12,19H2,1-3H3;2*1H. The second kappa shape index (κ2) is 10.0. The van der Waals surface area contributed by atoms with Crippen LogP contribution >= 0.6 is 24.8 Å². The van der Waals surface area contributed by atoms with Gasteiger partial charge < -0.3 is 15.2 Å². The third kappa shape index (κ3) is 5.34. The van der Waals surface area contributed by atoms with E-state index in [-0.39, 0.29) is 48.2 Å². The lowest BCUT2D eigenvalue weighted by Gasteiger charge is -2.43. The second-order valence-corrected chi connectivity index (χ2v) is 7.74. The molecule has 3 atom stereocenters. The maximum Gasteiger partial charge on any atom is 0.243 e. The van der Waals surface area contributed by atoms with Crippen LogP contribution in [0.1, 0.15) is 64.2 Å². The predicted molar refractivity (Wildman–Crippen MR) is 109 cm³/mol. The van der Waals surface area contributed by atoms with Gasteiger partial charge in [0.2, 0.25) is 11.8 Å². The second-order valence-electron chi connectivity index (χ2n) is 7.74. The summed E-state index contributed by atoms with van der Waals surface area (Å²) >= 11 is 0. The van der Waals surface area contributed by atoms with Crippen molar-refractivity contribution in [2.24, 2.45) is 11.7 Å². The summed E-state index contributed by atoms with van der Waals surface area (Å²) in [6, 6.07) is 0.0829. The zero-order chi connectivity index (χ0) is 18.0. The molecule has 1 saturated heterocycles. The van der Waals surface area contributed by atoms with Gasteiger partial charge in [-0.3, -0.25) is 9.69 Å². The Labute approximate surface area is 174 Å². The van der Waals surface area contributed by atoms with Gasteiger partial charge in [0.1, 0.15) is 0 Å². The summed E-state index contributed by atoms with van der Waals surface area (Å²) in [5.41, 5.74) is 6.05. The van der Waals surface area contributed by atoms with Crippen LogP contribution in [0, 0.1) is 5.92 Å². The van der Waals surface area contributed by atoms with E-state index in [0.717, 1.165) is 64.1 Å². The van der Waals surface area contributed by atoms with Gasteiger partial charge in [0.25, 0.3) is 0 Å². The Balaban J connectivity index is 0.00000182. The van der Waals surface area contributed by atoms with E-state index < -0.39 is 0 Å². The minimum absolute atomic E-state index is 0. The van der Waals surface area contributed by atoms with Crippen molar-refractivity contribution in [3.63, 3.8) is 0 Å². The zero-order valence-electron chi connectivity index (χ0n) is 16.5. The highest BCUT2D eigenvalue weighted by molar-refractivity contribution is 5.85. The molecule has 2 heterocycles. The lowest BCUT2D eigenvalue weighted by Crippen LogP contribution is -2.57. The molecule has 1 amide bonds. The fraction of sp³-hybridized carbons (Fsp3) is 0.833. The molecule has 27 heavy (non-hydrogen) atoms. The Kier molecular flexibility index (Phi) is 8.99. The summed E-state index contributed by atoms with van der Waals surface area (Å²) in [7, 11) is 0. The Bertz CT molecular complexity index is 602. The average Bonchev–Trinajstić information content (AvgIpc) is 3.09. The van der Waals surface area contributed by atoms with Crippen LogP contribution < -0.4 is 5.73 Å². The van der Waals surface area contributed by atoms with Gasteiger partial charge in [0, 0.05) is 38.1 Å². The molecule has 9 heteroatoms. The van der Waals surface area contributed by atoms with E-state index in [9.17, 15) is 4.79 Å². The number of rotatable bonds is 4. The van der Waals surface area contributed by atoms with Crippen molar-refractivity contribution in [1.29, 1.82) is 0 Å². The molecular weight excluding hydrogens is 389 g/mol. The number of carbonyl (C=O) groups excluding carboxylic acids is 1. The Hall–Kier alpha value is -0.890. The van der Waals surface area contributed by atoms with E-state index in [4.69, 9.17) is 10.3 Å². The first kappa shape index (κ1) is 24.1. The number of piperazine rings is 1. The van der Waals surface area contributed by atoms with E-state index in [1.165, 1.54) is 0 Å². The predicted octanol–water partition coefficient (Wildman–Crippen LogP) is 2.59. The molecule has 1 saturated carbocycles. The first-order valence-corrected chi connectivity index (χ1v) is 9.56. The fourth-order valence-corrected chi connectivity index (χ4v) is 4.05. The minimum Gasteiger partial charge on any atom is -0.340 e. The molecule has 0 aromatic carbocycles. The Morgan fingerprint density at radius 3 is 2.52 bits per heavy atom. The smallest absolute Gasteiger partial charge is 0.243 e. The minimum atomic E-state index is -0.361. The largest absolute Gasteiger partial charge is 0.340 e. The van der Waals surface area contributed by atoms with E-state index >= 15 is 0 Å². The van der Waals surface area contributed by atoms with Crippen LogP contribution in [0.5, 0.6) is 0 Å². The molecule has 1 aliphatic carbocycles. The van der Waals surface area contributed by atoms with Crippen molar-refractivity contribution in [3.8, 4) is 0 Å². The number of aromatic nitrogens is 2. The molecule has 7 nitrogen and oxygen atoms in total. The molecule has 156 valence electrons. The molecule has 2 aliphatic rings. The van der Waals surface area contributed by atoms with Gasteiger partial charge in [-0.15, -0.1) is 24.8 Å². The van der Waals surface area contributed by atoms with Crippen molar-refractivity contribution in [1.82, 2.24) is 19.9 Å². The van der Waals surface area contributed by atoms with Gasteiger partial charge in [0.05, 0.1) is 12.0 Å². The average molecular weight is 422 g/mol. The van der Waals surface area contributed by atoms with E-state index in [0.29, 0.717) is 5.89 Å². The molecule has 2 N–H and O–H groups in total. The maximum absolute atomic E-state index is 12.9. The lowest BCUT2D eigenvalue weighted by molar-refractivity contribution is -0.141. The third-order valence-electron chi connectivity index (χ3n) is 5.88. The quantitative estimate of drug-likeness (QED) is 0.803. The van der Waals surface area contributed by atoms with Crippen molar-refractivity contribution >= 4 is 30.7 Å². The Morgan fingerprint density at radius 1 is 1.30 bits per heavy atom. The number of nitrogens with two attached hydrogens (primary N) is 1. The molecule has 0 bridgehead atoms. The molecular formula is C18H33Cl2N5O2. The maximum atomic E-state index is 12.9. The Morgan fingerprint density at radius 2 is 1.96 bits per heavy atom. The van der Waals surface area contributed by atoms with Crippen LogP contribution in [0.4, 0.5) is 0 Å². The third-order valence-corrected chi connectivity index (χ3v) is 5.88. The van der Waals surface area contributed by atoms with E-state index in [2.05, 4.69) is 22.0 Å². The molecule has 0 spiro atoms. The number of aryl methyl sites for hydroxylation is 1. The highest BCUT2D eigenvalue weighted by Gasteiger charge is 2.40. The first-order chi connectivity index (χ1) is 11.9. The summed E-state index contributed by atoms with van der Waals surface area (Å²) in [6.07, 6.45) is 4.88. The number of amides is 1. The highest BCUT2D eigenvalue weighted by Crippen LogP contribution is 2.33. The van der Waals surface area contributed by atoms with E-state index in [1.54, 1.807) is 0 Å². The summed E-state index contributed by atoms with van der Waals surface area (Å²) < 4.78 is 5.37. The van der Waals surface area contributed by atoms with Gasteiger partial charge in [-0.25, -0.2) is 0 Å². The van der Waals surface area contributed by atoms with Crippen molar-refractivity contribution in [2.45, 2.75) is 64.5 Å². The normalized spacial score (nSPS) is 27.4. The summed E-state index contributed by atoms with van der Waals surface area (Å²) in [5.74, 6) is 1.62. The topological polar surface area (TPSA) is 88.5 Å². The van der Waals surface area contributed by atoms with Crippen LogP contribution in [-0.4, -0.2) is 57.6 Å². The van der Waals surface area contributed by atoms with Crippen LogP contribution in [0.25, 0.3) is 0 Å². The van der Waals surface area contributed by atoms with Crippen molar-refractivity contribution in [3.05, 3.63) is 11.7 Å². The zero-order valence-corrected chi connectivity index (χ0v) is 18.2. The monoisotopic (exact) mass is 421 g/mol. The van der Waals surface area contributed by atoms with Crippen molar-refractivity contribution in [2.75, 3.05) is 26.2 Å². The van der Waals surface area contributed by atoms with Crippen LogP contribution in [0.15, 0.2) is 4.52 Å². The molecule has 2 fully saturated rings. The number of hydrogen-bond donors (Lipinski definition) is 1. The molecule has 3 unspecified atom stereocenters. The SMILES string of the molecule is CCc1noc(C(C)N2CCN(C(=O)C3CCCCC3(C)N)CC2)n1.Cl.Cl. The molecule has 3 rings (SSSR count). The molecule has 1 aromatic rings. The van der Waals surface area contributed by atoms with Crippen LogP contribution in [0.2, 0.25) is 0 Å². The number of halogens is 2. The fourth-order valence-electron chi connectivity index (χ4n) is 4.05. The van der Waals surface area contributed by atoms with Gasteiger partial charge >= 0.3 is 0 Å². The van der Waals surface area contributed by atoms with Crippen LogP contribution in [-0.2, 0) is 11.2 Å². The van der Waals surface area contributed by atoms with Gasteiger partial charge in [-0.05, 0) is 26.7 Å². The summed E-state index contributed by atoms with van der Waals surface area (Å²) in [4.78, 5) is 21.7. The number of nitrogens with zero attached hydrogens (tertiary/aromatic N) is 4. The first-order valence-electron chi connectivity index (χ1n) is 9.56.